The zero-order valence-electron chi connectivity index (χ0n) is 14.5. The normalized spacial score (nSPS) is 11.2. The lowest BCUT2D eigenvalue weighted by atomic mass is 10.4. The van der Waals surface area contributed by atoms with Crippen molar-refractivity contribution in [2.75, 3.05) is 0 Å². The van der Waals surface area contributed by atoms with Crippen LogP contribution in [0.25, 0.3) is 15.7 Å². The maximum atomic E-state index is 12.4. The quantitative estimate of drug-likeness (QED) is 0.584. The van der Waals surface area contributed by atoms with Crippen LogP contribution in [0.3, 0.4) is 0 Å². The first-order chi connectivity index (χ1) is 12.5. The molecule has 7 nitrogen and oxygen atoms in total. The van der Waals surface area contributed by atoms with Crippen molar-refractivity contribution in [3.63, 3.8) is 0 Å². The molecule has 0 aromatic carbocycles. The minimum atomic E-state index is -0.321. The Labute approximate surface area is 157 Å². The van der Waals surface area contributed by atoms with Crippen LogP contribution in [0, 0.1) is 20.8 Å². The minimum absolute atomic E-state index is 0.117. The van der Waals surface area contributed by atoms with E-state index in [1.165, 1.54) is 0 Å². The van der Waals surface area contributed by atoms with E-state index in [1.807, 2.05) is 44.4 Å². The predicted octanol–water partition coefficient (Wildman–Crippen LogP) is 3.16. The molecule has 132 valence electrons. The van der Waals surface area contributed by atoms with Crippen molar-refractivity contribution in [3.05, 3.63) is 51.4 Å². The fourth-order valence-electron chi connectivity index (χ4n) is 2.60. The zero-order chi connectivity index (χ0) is 18.3. The maximum absolute atomic E-state index is 12.4. The molecule has 0 aliphatic rings. The van der Waals surface area contributed by atoms with E-state index >= 15 is 0 Å². The van der Waals surface area contributed by atoms with E-state index in [2.05, 4.69) is 25.4 Å². The van der Waals surface area contributed by atoms with Crippen LogP contribution in [0.5, 0.6) is 0 Å². The Bertz CT molecular complexity index is 1100. The SMILES string of the molecule is Cc1cc(C)n2nc(C(=O)NCc3sc(-c4cccs4)nc3C)nc2n1. The number of rotatable bonds is 4. The number of nitrogens with one attached hydrogen (secondary N) is 1. The Kier molecular flexibility index (Phi) is 4.25. The third-order valence-electron chi connectivity index (χ3n) is 3.86. The molecule has 4 rings (SSSR count). The molecule has 1 N–H and O–H groups in total. The first-order valence-electron chi connectivity index (χ1n) is 8.00. The van der Waals surface area contributed by atoms with Gasteiger partial charge in [0.1, 0.15) is 5.01 Å². The molecule has 4 aromatic heterocycles. The average molecular weight is 384 g/mol. The fraction of sp³-hybridized carbons (Fsp3) is 0.235. The minimum Gasteiger partial charge on any atom is -0.344 e. The average Bonchev–Trinajstić information content (AvgIpc) is 3.31. The number of hydrogen-bond acceptors (Lipinski definition) is 7. The lowest BCUT2D eigenvalue weighted by molar-refractivity contribution is 0.0941. The maximum Gasteiger partial charge on any atom is 0.291 e. The van der Waals surface area contributed by atoms with Crippen LogP contribution in [0.2, 0.25) is 0 Å². The number of thiophene rings is 1. The summed E-state index contributed by atoms with van der Waals surface area (Å²) in [6.07, 6.45) is 0. The molecule has 0 bridgehead atoms. The first-order valence-corrected chi connectivity index (χ1v) is 9.70. The van der Waals surface area contributed by atoms with E-state index in [1.54, 1.807) is 27.2 Å². The highest BCUT2D eigenvalue weighted by Crippen LogP contribution is 2.30. The summed E-state index contributed by atoms with van der Waals surface area (Å²) in [7, 11) is 0. The Morgan fingerprint density at radius 1 is 1.23 bits per heavy atom. The van der Waals surface area contributed by atoms with Gasteiger partial charge in [-0.05, 0) is 38.3 Å². The van der Waals surface area contributed by atoms with Crippen molar-refractivity contribution in [2.45, 2.75) is 27.3 Å². The molecule has 0 saturated carbocycles. The largest absolute Gasteiger partial charge is 0.344 e. The smallest absolute Gasteiger partial charge is 0.291 e. The van der Waals surface area contributed by atoms with Crippen molar-refractivity contribution in [1.29, 1.82) is 0 Å². The molecule has 0 atom stereocenters. The number of aromatic nitrogens is 5. The molecule has 0 spiro atoms. The van der Waals surface area contributed by atoms with Gasteiger partial charge in [-0.3, -0.25) is 4.79 Å². The second kappa shape index (κ2) is 6.58. The van der Waals surface area contributed by atoms with Crippen LogP contribution in [0.4, 0.5) is 0 Å². The molecule has 0 fully saturated rings. The Balaban J connectivity index is 1.52. The van der Waals surface area contributed by atoms with Crippen LogP contribution in [0.15, 0.2) is 23.6 Å². The van der Waals surface area contributed by atoms with Gasteiger partial charge >= 0.3 is 0 Å². The molecular formula is C17H16N6OS2. The second-order valence-electron chi connectivity index (χ2n) is 5.87. The molecule has 4 aromatic rings. The Hall–Kier alpha value is -2.65. The number of fused-ring (bicyclic) bond motifs is 1. The Morgan fingerprint density at radius 3 is 2.85 bits per heavy atom. The van der Waals surface area contributed by atoms with Gasteiger partial charge in [0, 0.05) is 16.3 Å². The number of nitrogens with zero attached hydrogens (tertiary/aromatic N) is 5. The molecule has 0 aliphatic carbocycles. The van der Waals surface area contributed by atoms with Crippen LogP contribution in [-0.2, 0) is 6.54 Å². The van der Waals surface area contributed by atoms with E-state index in [9.17, 15) is 4.79 Å². The lowest BCUT2D eigenvalue weighted by Gasteiger charge is -2.00. The van der Waals surface area contributed by atoms with Crippen molar-refractivity contribution < 1.29 is 4.79 Å². The van der Waals surface area contributed by atoms with E-state index in [-0.39, 0.29) is 11.7 Å². The summed E-state index contributed by atoms with van der Waals surface area (Å²) < 4.78 is 1.58. The molecule has 0 radical (unpaired) electrons. The highest BCUT2D eigenvalue weighted by molar-refractivity contribution is 7.21. The number of thiazole rings is 1. The molecule has 0 aliphatic heterocycles. The summed E-state index contributed by atoms with van der Waals surface area (Å²) >= 11 is 3.25. The van der Waals surface area contributed by atoms with Gasteiger partial charge in [-0.25, -0.2) is 14.5 Å². The molecule has 0 saturated heterocycles. The summed E-state index contributed by atoms with van der Waals surface area (Å²) in [5, 5.41) is 10.1. The van der Waals surface area contributed by atoms with Crippen molar-refractivity contribution in [2.24, 2.45) is 0 Å². The van der Waals surface area contributed by atoms with E-state index in [0.717, 1.165) is 31.8 Å². The van der Waals surface area contributed by atoms with Crippen molar-refractivity contribution in [1.82, 2.24) is 29.9 Å². The molecule has 26 heavy (non-hydrogen) atoms. The zero-order valence-corrected chi connectivity index (χ0v) is 16.1. The Morgan fingerprint density at radius 2 is 2.08 bits per heavy atom. The van der Waals surface area contributed by atoms with Gasteiger partial charge in [-0.2, -0.15) is 4.98 Å². The molecule has 4 heterocycles. The van der Waals surface area contributed by atoms with Gasteiger partial charge in [0.05, 0.1) is 17.1 Å². The second-order valence-corrected chi connectivity index (χ2v) is 7.91. The molecule has 1 amide bonds. The van der Waals surface area contributed by atoms with Gasteiger partial charge in [0.25, 0.3) is 11.7 Å². The number of amides is 1. The number of carbonyl (C=O) groups is 1. The highest BCUT2D eigenvalue weighted by atomic mass is 32.1. The van der Waals surface area contributed by atoms with Gasteiger partial charge in [-0.1, -0.05) is 6.07 Å². The standard InChI is InChI=1S/C17H16N6OS2/c1-9-7-10(2)23-17(19-9)21-14(22-23)15(24)18-8-13-11(3)20-16(26-13)12-5-4-6-25-12/h4-7H,8H2,1-3H3,(H,18,24). The molecular weight excluding hydrogens is 368 g/mol. The first kappa shape index (κ1) is 16.8. The molecule has 9 heteroatoms. The fourth-order valence-corrected chi connectivity index (χ4v) is 4.40. The van der Waals surface area contributed by atoms with Gasteiger partial charge in [-0.15, -0.1) is 27.8 Å². The predicted molar refractivity (Wildman–Crippen MR) is 102 cm³/mol. The van der Waals surface area contributed by atoms with E-state index in [0.29, 0.717) is 12.3 Å². The van der Waals surface area contributed by atoms with Crippen molar-refractivity contribution >= 4 is 34.4 Å². The summed E-state index contributed by atoms with van der Waals surface area (Å²) in [4.78, 5) is 27.7. The number of carbonyl (C=O) groups excluding carboxylic acids is 1. The topological polar surface area (TPSA) is 85.1 Å². The summed E-state index contributed by atoms with van der Waals surface area (Å²) in [5.74, 6) is 0.228. The van der Waals surface area contributed by atoms with E-state index < -0.39 is 0 Å². The third-order valence-corrected chi connectivity index (χ3v) is 6.05. The van der Waals surface area contributed by atoms with E-state index in [4.69, 9.17) is 0 Å². The van der Waals surface area contributed by atoms with Gasteiger partial charge < -0.3 is 5.32 Å². The number of hydrogen-bond donors (Lipinski definition) is 1. The van der Waals surface area contributed by atoms with Crippen LogP contribution < -0.4 is 5.32 Å². The summed E-state index contributed by atoms with van der Waals surface area (Å²) in [6.45, 7) is 6.15. The highest BCUT2D eigenvalue weighted by Gasteiger charge is 2.16. The van der Waals surface area contributed by atoms with Crippen molar-refractivity contribution in [3.8, 4) is 9.88 Å². The van der Waals surface area contributed by atoms with Crippen LogP contribution >= 0.6 is 22.7 Å². The van der Waals surface area contributed by atoms with Gasteiger partial charge in [0.15, 0.2) is 0 Å². The monoisotopic (exact) mass is 384 g/mol. The van der Waals surface area contributed by atoms with Gasteiger partial charge in [0.2, 0.25) is 5.82 Å². The molecule has 0 unspecified atom stereocenters. The summed E-state index contributed by atoms with van der Waals surface area (Å²) in [5.41, 5.74) is 2.66. The number of aryl methyl sites for hydroxylation is 3. The van der Waals surface area contributed by atoms with Crippen LogP contribution in [-0.4, -0.2) is 30.5 Å². The third kappa shape index (κ3) is 3.11. The summed E-state index contributed by atoms with van der Waals surface area (Å²) in [6, 6.07) is 5.95. The lowest BCUT2D eigenvalue weighted by Crippen LogP contribution is -2.24. The van der Waals surface area contributed by atoms with Crippen LogP contribution in [0.1, 0.15) is 32.6 Å².